The normalized spacial score (nSPS) is 10.5. The van der Waals surface area contributed by atoms with Gasteiger partial charge in [0.25, 0.3) is 0 Å². The van der Waals surface area contributed by atoms with Crippen LogP contribution in [0.1, 0.15) is 0 Å². The number of aryl methyl sites for hydroxylation is 1. The van der Waals surface area contributed by atoms with E-state index in [1.165, 1.54) is 0 Å². The van der Waals surface area contributed by atoms with Crippen LogP contribution < -0.4 is 4.74 Å². The van der Waals surface area contributed by atoms with Crippen molar-refractivity contribution < 1.29 is 14.6 Å². The number of carbonyl (C=O) groups is 1. The molecule has 1 aromatic heterocycles. The highest BCUT2D eigenvalue weighted by Crippen LogP contribution is 2.21. The highest BCUT2D eigenvalue weighted by Gasteiger charge is 2.02. The smallest absolute Gasteiger partial charge is 0.341 e. The van der Waals surface area contributed by atoms with Crippen LogP contribution in [0.4, 0.5) is 0 Å². The van der Waals surface area contributed by atoms with Crippen LogP contribution in [0.2, 0.25) is 0 Å². The third kappa shape index (κ3) is 1.93. The van der Waals surface area contributed by atoms with Gasteiger partial charge in [-0.3, -0.25) is 0 Å². The van der Waals surface area contributed by atoms with Crippen molar-refractivity contribution in [1.29, 1.82) is 0 Å². The van der Waals surface area contributed by atoms with Crippen LogP contribution in [0.5, 0.6) is 5.75 Å². The zero-order chi connectivity index (χ0) is 10.8. The molecule has 0 saturated carbocycles. The minimum absolute atomic E-state index is 0.310. The van der Waals surface area contributed by atoms with Crippen molar-refractivity contribution in [2.45, 2.75) is 0 Å². The Morgan fingerprint density at radius 2 is 2.27 bits per heavy atom. The largest absolute Gasteiger partial charge is 0.482 e. The molecule has 0 aliphatic rings. The second kappa shape index (κ2) is 3.65. The number of ether oxygens (including phenoxy) is 1. The van der Waals surface area contributed by atoms with Crippen molar-refractivity contribution in [3.8, 4) is 5.75 Å². The van der Waals surface area contributed by atoms with Crippen LogP contribution >= 0.6 is 0 Å². The average molecular weight is 205 g/mol. The van der Waals surface area contributed by atoms with Crippen molar-refractivity contribution in [1.82, 2.24) is 4.57 Å². The lowest BCUT2D eigenvalue weighted by molar-refractivity contribution is -0.139. The maximum atomic E-state index is 10.3. The summed E-state index contributed by atoms with van der Waals surface area (Å²) in [6.45, 7) is -0.310. The molecule has 0 aliphatic carbocycles. The second-order valence-corrected chi connectivity index (χ2v) is 3.33. The third-order valence-electron chi connectivity index (χ3n) is 2.22. The van der Waals surface area contributed by atoms with Gasteiger partial charge in [-0.15, -0.1) is 0 Å². The summed E-state index contributed by atoms with van der Waals surface area (Å²) < 4.78 is 7.05. The van der Waals surface area contributed by atoms with Crippen molar-refractivity contribution in [2.24, 2.45) is 7.05 Å². The zero-order valence-corrected chi connectivity index (χ0v) is 8.30. The zero-order valence-electron chi connectivity index (χ0n) is 8.30. The Morgan fingerprint density at radius 1 is 1.47 bits per heavy atom. The van der Waals surface area contributed by atoms with E-state index in [0.29, 0.717) is 5.75 Å². The van der Waals surface area contributed by atoms with E-state index in [0.717, 1.165) is 10.9 Å². The molecule has 4 nitrogen and oxygen atoms in total. The molecule has 1 heterocycles. The molecule has 0 radical (unpaired) electrons. The molecular weight excluding hydrogens is 194 g/mol. The van der Waals surface area contributed by atoms with Crippen molar-refractivity contribution in [3.63, 3.8) is 0 Å². The van der Waals surface area contributed by atoms with E-state index >= 15 is 0 Å². The molecule has 2 aromatic rings. The number of aromatic nitrogens is 1. The number of carboxylic acid groups (broad SMARTS) is 1. The van der Waals surface area contributed by atoms with Gasteiger partial charge < -0.3 is 14.4 Å². The molecule has 0 saturated heterocycles. The number of hydrogen-bond donors (Lipinski definition) is 1. The van der Waals surface area contributed by atoms with Crippen molar-refractivity contribution in [2.75, 3.05) is 6.61 Å². The Kier molecular flexibility index (Phi) is 2.33. The first-order valence-electron chi connectivity index (χ1n) is 4.56. The van der Waals surface area contributed by atoms with Crippen LogP contribution in [0, 0.1) is 0 Å². The molecule has 0 spiro atoms. The fourth-order valence-electron chi connectivity index (χ4n) is 1.48. The molecular formula is C11H11NO3. The summed E-state index contributed by atoms with van der Waals surface area (Å²) in [5.74, 6) is -0.395. The Labute approximate surface area is 86.7 Å². The predicted molar refractivity (Wildman–Crippen MR) is 56.0 cm³/mol. The van der Waals surface area contributed by atoms with Gasteiger partial charge >= 0.3 is 5.97 Å². The lowest BCUT2D eigenvalue weighted by Gasteiger charge is -2.03. The first-order chi connectivity index (χ1) is 7.16. The SMILES string of the molecule is Cn1ccc2ccc(OCC(=O)O)cc21. The molecule has 0 fully saturated rings. The van der Waals surface area contributed by atoms with Crippen LogP contribution in [0.25, 0.3) is 10.9 Å². The summed E-state index contributed by atoms with van der Waals surface area (Å²) in [6.07, 6.45) is 1.95. The summed E-state index contributed by atoms with van der Waals surface area (Å²) in [7, 11) is 1.93. The van der Waals surface area contributed by atoms with Gasteiger partial charge in [0.15, 0.2) is 6.61 Å². The molecule has 0 unspecified atom stereocenters. The molecule has 4 heteroatoms. The van der Waals surface area contributed by atoms with Gasteiger partial charge in [-0.2, -0.15) is 0 Å². The Bertz CT molecular complexity index is 502. The Morgan fingerprint density at radius 3 is 3.00 bits per heavy atom. The standard InChI is InChI=1S/C11H11NO3/c1-12-5-4-8-2-3-9(6-10(8)12)15-7-11(13)14/h2-6H,7H2,1H3,(H,13,14). The second-order valence-electron chi connectivity index (χ2n) is 3.33. The number of nitrogens with zero attached hydrogens (tertiary/aromatic N) is 1. The fraction of sp³-hybridized carbons (Fsp3) is 0.182. The van der Waals surface area contributed by atoms with Gasteiger partial charge in [-0.1, -0.05) is 0 Å². The van der Waals surface area contributed by atoms with Gasteiger partial charge in [-0.25, -0.2) is 4.79 Å². The quantitative estimate of drug-likeness (QED) is 0.828. The molecule has 1 N–H and O–H groups in total. The predicted octanol–water partition coefficient (Wildman–Crippen LogP) is 1.64. The van der Waals surface area contributed by atoms with Gasteiger partial charge in [-0.05, 0) is 23.6 Å². The van der Waals surface area contributed by atoms with Crippen LogP contribution in [0.3, 0.4) is 0 Å². The molecule has 2 rings (SSSR count). The number of hydrogen-bond acceptors (Lipinski definition) is 2. The van der Waals surface area contributed by atoms with E-state index in [1.807, 2.05) is 36.0 Å². The van der Waals surface area contributed by atoms with Gasteiger partial charge in [0.05, 0.1) is 5.52 Å². The number of benzene rings is 1. The van der Waals surface area contributed by atoms with E-state index in [1.54, 1.807) is 6.07 Å². The highest BCUT2D eigenvalue weighted by molar-refractivity contribution is 5.81. The molecule has 0 amide bonds. The van der Waals surface area contributed by atoms with Crippen LogP contribution in [-0.2, 0) is 11.8 Å². The topological polar surface area (TPSA) is 51.5 Å². The van der Waals surface area contributed by atoms with Gasteiger partial charge in [0, 0.05) is 19.3 Å². The Balaban J connectivity index is 2.29. The monoisotopic (exact) mass is 205 g/mol. The molecule has 0 aliphatic heterocycles. The maximum absolute atomic E-state index is 10.3. The lowest BCUT2D eigenvalue weighted by Crippen LogP contribution is -2.09. The maximum Gasteiger partial charge on any atom is 0.341 e. The Hall–Kier alpha value is -1.97. The molecule has 1 aromatic carbocycles. The first kappa shape index (κ1) is 9.58. The molecule has 15 heavy (non-hydrogen) atoms. The van der Waals surface area contributed by atoms with E-state index in [2.05, 4.69) is 0 Å². The van der Waals surface area contributed by atoms with E-state index in [-0.39, 0.29) is 6.61 Å². The van der Waals surface area contributed by atoms with E-state index in [9.17, 15) is 4.79 Å². The summed E-state index contributed by atoms with van der Waals surface area (Å²) in [5.41, 5.74) is 1.03. The van der Waals surface area contributed by atoms with Crippen molar-refractivity contribution >= 4 is 16.9 Å². The van der Waals surface area contributed by atoms with Crippen LogP contribution in [0.15, 0.2) is 30.5 Å². The van der Waals surface area contributed by atoms with E-state index in [4.69, 9.17) is 9.84 Å². The lowest BCUT2D eigenvalue weighted by atomic mass is 10.2. The summed E-state index contributed by atoms with van der Waals surface area (Å²) in [5, 5.41) is 9.58. The minimum Gasteiger partial charge on any atom is -0.482 e. The number of aliphatic carboxylic acids is 1. The summed E-state index contributed by atoms with van der Waals surface area (Å²) in [4.78, 5) is 10.3. The van der Waals surface area contributed by atoms with Gasteiger partial charge in [0.2, 0.25) is 0 Å². The number of fused-ring (bicyclic) bond motifs is 1. The molecule has 0 atom stereocenters. The molecule has 0 bridgehead atoms. The summed E-state index contributed by atoms with van der Waals surface area (Å²) >= 11 is 0. The van der Waals surface area contributed by atoms with E-state index < -0.39 is 5.97 Å². The number of rotatable bonds is 3. The van der Waals surface area contributed by atoms with Crippen molar-refractivity contribution in [3.05, 3.63) is 30.5 Å². The molecule has 78 valence electrons. The third-order valence-corrected chi connectivity index (χ3v) is 2.22. The summed E-state index contributed by atoms with van der Waals surface area (Å²) in [6, 6.07) is 7.51. The number of carboxylic acids is 1. The van der Waals surface area contributed by atoms with Crippen LogP contribution in [-0.4, -0.2) is 22.2 Å². The van der Waals surface area contributed by atoms with Gasteiger partial charge in [0.1, 0.15) is 5.75 Å². The highest BCUT2D eigenvalue weighted by atomic mass is 16.5. The first-order valence-corrected chi connectivity index (χ1v) is 4.56. The average Bonchev–Trinajstić information content (AvgIpc) is 2.57. The minimum atomic E-state index is -0.970. The fourth-order valence-corrected chi connectivity index (χ4v) is 1.48.